The van der Waals surface area contributed by atoms with Gasteiger partial charge in [0.15, 0.2) is 17.3 Å². The molecule has 4 N–H and O–H groups in total. The van der Waals surface area contributed by atoms with Crippen LogP contribution in [0.5, 0.6) is 11.5 Å². The van der Waals surface area contributed by atoms with E-state index in [9.17, 15) is 14.0 Å². The summed E-state index contributed by atoms with van der Waals surface area (Å²) in [6.07, 6.45) is 3.49. The van der Waals surface area contributed by atoms with Gasteiger partial charge in [0.2, 0.25) is 11.8 Å². The summed E-state index contributed by atoms with van der Waals surface area (Å²) in [7, 11) is 0. The number of carbonyl (C=O) groups is 2. The molecule has 0 radical (unpaired) electrons. The first kappa shape index (κ1) is 29.2. The summed E-state index contributed by atoms with van der Waals surface area (Å²) in [5.74, 6) is 0.676. The van der Waals surface area contributed by atoms with E-state index < -0.39 is 17.8 Å². The molecule has 0 aliphatic carbocycles. The highest BCUT2D eigenvalue weighted by atomic mass is 19.1. The van der Waals surface area contributed by atoms with Gasteiger partial charge in [-0.25, -0.2) is 19.0 Å². The van der Waals surface area contributed by atoms with Crippen LogP contribution < -0.4 is 21.1 Å². The average Bonchev–Trinajstić information content (AvgIpc) is 3.46. The number of fused-ring (bicyclic) bond motifs is 1. The third-order valence-corrected chi connectivity index (χ3v) is 8.28. The number of rotatable bonds is 8. The van der Waals surface area contributed by atoms with Crippen molar-refractivity contribution in [1.29, 1.82) is 0 Å². The second-order valence-electron chi connectivity index (χ2n) is 11.4. The highest BCUT2D eigenvalue weighted by Crippen LogP contribution is 2.35. The predicted molar refractivity (Wildman–Crippen MR) is 167 cm³/mol. The second kappa shape index (κ2) is 12.5. The lowest BCUT2D eigenvalue weighted by Crippen LogP contribution is -2.47. The van der Waals surface area contributed by atoms with E-state index in [-0.39, 0.29) is 29.9 Å². The second-order valence-corrected chi connectivity index (χ2v) is 11.4. The molecule has 2 amide bonds. The molecule has 0 spiro atoms. The van der Waals surface area contributed by atoms with Crippen molar-refractivity contribution in [2.45, 2.75) is 44.3 Å². The molecule has 234 valence electrons. The molecule has 5 heterocycles. The Hall–Kier alpha value is -5.50. The monoisotopic (exact) mass is 622 g/mol. The fraction of sp³-hybridized carbons (Fsp3) is 0.281. The van der Waals surface area contributed by atoms with Crippen molar-refractivity contribution < 1.29 is 18.7 Å². The van der Waals surface area contributed by atoms with Crippen molar-refractivity contribution in [1.82, 2.24) is 40.2 Å². The van der Waals surface area contributed by atoms with E-state index in [2.05, 4.69) is 35.7 Å². The zero-order chi connectivity index (χ0) is 31.6. The molecule has 2 aliphatic heterocycles. The number of nitrogens with zero attached hydrogens (tertiary/aromatic N) is 7. The van der Waals surface area contributed by atoms with Gasteiger partial charge in [-0.2, -0.15) is 5.10 Å². The first-order valence-electron chi connectivity index (χ1n) is 15.1. The highest BCUT2D eigenvalue weighted by Gasteiger charge is 2.29. The number of hydrogen-bond acceptors (Lipinski definition) is 11. The first-order chi connectivity index (χ1) is 22.4. The summed E-state index contributed by atoms with van der Waals surface area (Å²) in [6, 6.07) is 17.9. The Kier molecular flexibility index (Phi) is 7.93. The number of hydrogen-bond donors (Lipinski definition) is 3. The molecule has 2 fully saturated rings. The number of nitrogens with two attached hydrogens (primary N) is 1. The third kappa shape index (κ3) is 6.06. The van der Waals surface area contributed by atoms with Crippen molar-refractivity contribution in [3.8, 4) is 22.8 Å². The fourth-order valence-electron chi connectivity index (χ4n) is 5.87. The molecule has 5 aromatic rings. The van der Waals surface area contributed by atoms with Crippen LogP contribution in [0.25, 0.3) is 22.3 Å². The maximum absolute atomic E-state index is 15.0. The summed E-state index contributed by atoms with van der Waals surface area (Å²) in [5.41, 5.74) is 8.80. The van der Waals surface area contributed by atoms with Crippen molar-refractivity contribution in [3.05, 3.63) is 78.5 Å². The summed E-state index contributed by atoms with van der Waals surface area (Å²) in [6.45, 7) is 1.66. The maximum atomic E-state index is 15.0. The van der Waals surface area contributed by atoms with Crippen LogP contribution in [0.3, 0.4) is 0 Å². The first-order valence-corrected chi connectivity index (χ1v) is 15.1. The lowest BCUT2D eigenvalue weighted by atomic mass is 10.0. The molecular formula is C32H31FN10O3. The van der Waals surface area contributed by atoms with E-state index in [4.69, 9.17) is 15.6 Å². The predicted octanol–water partition coefficient (Wildman–Crippen LogP) is 3.85. The minimum absolute atomic E-state index is 0.0542. The number of likely N-dealkylation sites (tertiary alicyclic amines) is 1. The van der Waals surface area contributed by atoms with Gasteiger partial charge in [-0.15, -0.1) is 10.2 Å². The van der Waals surface area contributed by atoms with Gasteiger partial charge >= 0.3 is 0 Å². The summed E-state index contributed by atoms with van der Waals surface area (Å²) >= 11 is 0. The number of ether oxygens (including phenoxy) is 1. The number of amides is 2. The van der Waals surface area contributed by atoms with Gasteiger partial charge in [0.25, 0.3) is 0 Å². The van der Waals surface area contributed by atoms with Crippen LogP contribution in [0.4, 0.5) is 16.0 Å². The smallest absolute Gasteiger partial charge is 0.249 e. The van der Waals surface area contributed by atoms with Crippen molar-refractivity contribution >= 4 is 34.5 Å². The molecule has 14 heteroatoms. The van der Waals surface area contributed by atoms with E-state index >= 15 is 0 Å². The largest absolute Gasteiger partial charge is 0.457 e. The van der Waals surface area contributed by atoms with Gasteiger partial charge < -0.3 is 15.8 Å². The molecule has 2 aromatic carbocycles. The van der Waals surface area contributed by atoms with Gasteiger partial charge in [-0.05, 0) is 55.7 Å². The SMILES string of the molecule is Nc1ncnc2c1c(-c1ccc(Oc3ccccc3)cc1)nn2C1CCN(Cc2nnc(NC3CCC(=O)NC3=O)cc2F)CC1. The number of benzene rings is 2. The van der Waals surface area contributed by atoms with Gasteiger partial charge in [-0.3, -0.25) is 19.8 Å². The van der Waals surface area contributed by atoms with Crippen LogP contribution in [0, 0.1) is 5.82 Å². The Morgan fingerprint density at radius 1 is 0.978 bits per heavy atom. The molecule has 46 heavy (non-hydrogen) atoms. The minimum Gasteiger partial charge on any atom is -0.457 e. The van der Waals surface area contributed by atoms with Gasteiger partial charge in [0, 0.05) is 37.7 Å². The maximum Gasteiger partial charge on any atom is 0.249 e. The van der Waals surface area contributed by atoms with Crippen molar-refractivity contribution in [3.63, 3.8) is 0 Å². The standard InChI is InChI=1S/C32H31FN10O3/c33-23-16-26(37-24-10-11-27(44)38-32(24)45)40-39-25(23)17-42-14-12-20(13-15-42)43-31-28(30(34)35-18-36-31)29(41-43)19-6-8-22(9-7-19)46-21-4-2-1-3-5-21/h1-9,16,18,20,24H,10-15,17H2,(H,37,40)(H2,34,35,36)(H,38,44,45). The zero-order valence-corrected chi connectivity index (χ0v) is 24.8. The number of para-hydroxylation sites is 1. The fourth-order valence-corrected chi connectivity index (χ4v) is 5.87. The van der Waals surface area contributed by atoms with Crippen LogP contribution in [-0.2, 0) is 16.1 Å². The normalized spacial score (nSPS) is 17.6. The topological polar surface area (TPSA) is 166 Å². The van der Waals surface area contributed by atoms with Gasteiger partial charge in [0.1, 0.15) is 41.1 Å². The molecule has 2 aliphatic rings. The summed E-state index contributed by atoms with van der Waals surface area (Å²) in [5, 5.41) is 19.0. The Labute approximate surface area is 263 Å². The average molecular weight is 623 g/mol. The number of imide groups is 1. The molecule has 0 saturated carbocycles. The van der Waals surface area contributed by atoms with Crippen molar-refractivity contribution in [2.75, 3.05) is 24.1 Å². The lowest BCUT2D eigenvalue weighted by Gasteiger charge is -2.31. The van der Waals surface area contributed by atoms with Crippen molar-refractivity contribution in [2.24, 2.45) is 0 Å². The molecule has 2 saturated heterocycles. The number of nitrogen functional groups attached to an aromatic ring is 1. The van der Waals surface area contributed by atoms with Crippen LogP contribution in [0.2, 0.25) is 0 Å². The molecule has 3 aromatic heterocycles. The van der Waals surface area contributed by atoms with Gasteiger partial charge in [0.05, 0.1) is 11.4 Å². The Balaban J connectivity index is 1.02. The molecule has 1 unspecified atom stereocenters. The quantitative estimate of drug-likeness (QED) is 0.215. The van der Waals surface area contributed by atoms with Crippen LogP contribution in [0.15, 0.2) is 67.0 Å². The third-order valence-electron chi connectivity index (χ3n) is 8.28. The summed E-state index contributed by atoms with van der Waals surface area (Å²) in [4.78, 5) is 34.3. The van der Waals surface area contributed by atoms with E-state index in [1.54, 1.807) is 0 Å². The number of carbonyl (C=O) groups excluding carboxylic acids is 2. The van der Waals surface area contributed by atoms with E-state index in [0.717, 1.165) is 24.2 Å². The molecule has 7 rings (SSSR count). The minimum atomic E-state index is -0.663. The van der Waals surface area contributed by atoms with E-state index in [1.807, 2.05) is 59.3 Å². The zero-order valence-electron chi connectivity index (χ0n) is 24.8. The number of piperidine rings is 2. The molecule has 1 atom stereocenters. The number of anilines is 2. The number of nitrogens with one attached hydrogen (secondary N) is 2. The molecular weight excluding hydrogens is 591 g/mol. The highest BCUT2D eigenvalue weighted by molar-refractivity contribution is 6.01. The van der Waals surface area contributed by atoms with Crippen LogP contribution in [-0.4, -0.2) is 65.8 Å². The van der Waals surface area contributed by atoms with E-state index in [1.165, 1.54) is 12.4 Å². The van der Waals surface area contributed by atoms with Crippen LogP contribution in [0.1, 0.15) is 37.4 Å². The Morgan fingerprint density at radius 2 is 1.74 bits per heavy atom. The lowest BCUT2D eigenvalue weighted by molar-refractivity contribution is -0.133. The number of halogens is 1. The van der Waals surface area contributed by atoms with Gasteiger partial charge in [-0.1, -0.05) is 18.2 Å². The number of aromatic nitrogens is 6. The van der Waals surface area contributed by atoms with Crippen LogP contribution >= 0.6 is 0 Å². The summed E-state index contributed by atoms with van der Waals surface area (Å²) < 4.78 is 22.9. The molecule has 0 bridgehead atoms. The Bertz CT molecular complexity index is 1890. The van der Waals surface area contributed by atoms with E-state index in [0.29, 0.717) is 54.3 Å². The Morgan fingerprint density at radius 3 is 2.48 bits per heavy atom. The molecule has 13 nitrogen and oxygen atoms in total.